The van der Waals surface area contributed by atoms with Gasteiger partial charge in [-0.1, -0.05) is 60.1 Å². The third-order valence-corrected chi connectivity index (χ3v) is 4.36. The van der Waals surface area contributed by atoms with Crippen LogP contribution in [0.1, 0.15) is 17.2 Å². The second-order valence-corrected chi connectivity index (χ2v) is 6.44. The van der Waals surface area contributed by atoms with Gasteiger partial charge in [0.2, 0.25) is 0 Å². The number of nitrogens with one attached hydrogen (secondary N) is 2. The molecule has 0 aliphatic rings. The highest BCUT2D eigenvalue weighted by Gasteiger charge is 2.31. The number of hydrogen-bond acceptors (Lipinski definition) is 2. The molecular weight excluding hydrogens is 389 g/mol. The molecule has 0 bridgehead atoms. The summed E-state index contributed by atoms with van der Waals surface area (Å²) in [5.74, 6) is -0.531. The van der Waals surface area contributed by atoms with E-state index in [0.29, 0.717) is 11.3 Å². The quantitative estimate of drug-likeness (QED) is 0.535. The second-order valence-electron chi connectivity index (χ2n) is 6.04. The molecule has 3 rings (SSSR count). The monoisotopic (exact) mass is 404 g/mol. The average Bonchev–Trinajstić information content (AvgIpc) is 2.68. The topological polar surface area (TPSA) is 41.1 Å². The van der Waals surface area contributed by atoms with E-state index < -0.39 is 23.7 Å². The van der Waals surface area contributed by atoms with Gasteiger partial charge in [0.15, 0.2) is 0 Å². The fraction of sp³-hybridized carbons (Fsp3) is 0.0952. The highest BCUT2D eigenvalue weighted by molar-refractivity contribution is 6.33. The van der Waals surface area contributed by atoms with Crippen LogP contribution in [0.25, 0.3) is 0 Å². The average molecular weight is 405 g/mol. The largest absolute Gasteiger partial charge is 0.416 e. The first kappa shape index (κ1) is 19.8. The van der Waals surface area contributed by atoms with E-state index >= 15 is 0 Å². The summed E-state index contributed by atoms with van der Waals surface area (Å²) in [6.45, 7) is 0. The van der Waals surface area contributed by atoms with Crippen molar-refractivity contribution in [2.24, 2.45) is 0 Å². The summed E-state index contributed by atoms with van der Waals surface area (Å²) in [7, 11) is 0. The molecule has 1 atom stereocenters. The summed E-state index contributed by atoms with van der Waals surface area (Å²) < 4.78 is 38.9. The smallest absolute Gasteiger partial charge is 0.370 e. The van der Waals surface area contributed by atoms with Gasteiger partial charge in [0, 0.05) is 5.69 Å². The lowest BCUT2D eigenvalue weighted by atomic mass is 10.1. The zero-order chi connectivity index (χ0) is 20.1. The van der Waals surface area contributed by atoms with Gasteiger partial charge in [-0.25, -0.2) is 0 Å². The van der Waals surface area contributed by atoms with Crippen LogP contribution in [0.3, 0.4) is 0 Å². The zero-order valence-electron chi connectivity index (χ0n) is 14.5. The van der Waals surface area contributed by atoms with Gasteiger partial charge in [0.05, 0.1) is 16.3 Å². The first-order valence-corrected chi connectivity index (χ1v) is 8.76. The normalized spacial score (nSPS) is 12.3. The van der Waals surface area contributed by atoms with Crippen molar-refractivity contribution in [3.05, 3.63) is 95.0 Å². The Kier molecular flexibility index (Phi) is 5.90. The summed E-state index contributed by atoms with van der Waals surface area (Å²) in [5, 5.41) is 5.63. The second kappa shape index (κ2) is 8.35. The first-order chi connectivity index (χ1) is 13.3. The van der Waals surface area contributed by atoms with E-state index in [4.69, 9.17) is 11.6 Å². The lowest BCUT2D eigenvalue weighted by Crippen LogP contribution is -2.27. The predicted octanol–water partition coefficient (Wildman–Crippen LogP) is 6.15. The molecule has 2 N–H and O–H groups in total. The maximum Gasteiger partial charge on any atom is 0.416 e. The van der Waals surface area contributed by atoms with Gasteiger partial charge < -0.3 is 10.6 Å². The molecule has 144 valence electrons. The molecule has 1 amide bonds. The van der Waals surface area contributed by atoms with Crippen LogP contribution >= 0.6 is 11.6 Å². The van der Waals surface area contributed by atoms with Crippen molar-refractivity contribution in [1.82, 2.24) is 0 Å². The van der Waals surface area contributed by atoms with Crippen molar-refractivity contribution in [2.45, 2.75) is 12.2 Å². The van der Waals surface area contributed by atoms with Crippen LogP contribution in [0, 0.1) is 0 Å². The van der Waals surface area contributed by atoms with Crippen molar-refractivity contribution < 1.29 is 18.0 Å². The Hall–Kier alpha value is -2.99. The van der Waals surface area contributed by atoms with E-state index in [1.807, 2.05) is 24.3 Å². The number of anilines is 2. The van der Waals surface area contributed by atoms with E-state index in [0.717, 1.165) is 18.2 Å². The fourth-order valence-corrected chi connectivity index (χ4v) is 2.81. The van der Waals surface area contributed by atoms with Crippen LogP contribution in [-0.2, 0) is 11.0 Å². The highest BCUT2D eigenvalue weighted by Crippen LogP contribution is 2.34. The van der Waals surface area contributed by atoms with E-state index in [1.165, 1.54) is 0 Å². The van der Waals surface area contributed by atoms with Crippen LogP contribution in [0.15, 0.2) is 78.9 Å². The molecule has 0 heterocycles. The minimum atomic E-state index is -4.54. The third-order valence-electron chi connectivity index (χ3n) is 4.03. The van der Waals surface area contributed by atoms with Crippen molar-refractivity contribution in [2.75, 3.05) is 10.6 Å². The number of benzene rings is 3. The maximum atomic E-state index is 13.0. The predicted molar refractivity (Wildman–Crippen MR) is 104 cm³/mol. The van der Waals surface area contributed by atoms with Crippen molar-refractivity contribution >= 4 is 28.9 Å². The van der Waals surface area contributed by atoms with E-state index in [2.05, 4.69) is 10.6 Å². The number of alkyl halides is 3. The van der Waals surface area contributed by atoms with Crippen molar-refractivity contribution in [3.63, 3.8) is 0 Å². The minimum absolute atomic E-state index is 0.0212. The number of carbonyl (C=O) groups is 1. The van der Waals surface area contributed by atoms with Crippen LogP contribution in [0.5, 0.6) is 0 Å². The Bertz CT molecular complexity index is 947. The molecule has 0 aliphatic heterocycles. The molecule has 0 saturated heterocycles. The SMILES string of the molecule is O=C(Nc1cc(C(F)(F)F)ccc1Cl)[C@@H](Nc1ccccc1)c1ccccc1. The highest BCUT2D eigenvalue weighted by atomic mass is 35.5. The van der Waals surface area contributed by atoms with Crippen LogP contribution in [0.2, 0.25) is 5.02 Å². The van der Waals surface area contributed by atoms with E-state index in [9.17, 15) is 18.0 Å². The molecule has 0 radical (unpaired) electrons. The third kappa shape index (κ3) is 4.84. The summed E-state index contributed by atoms with van der Waals surface area (Å²) in [6.07, 6.45) is -4.54. The molecule has 0 saturated carbocycles. The summed E-state index contributed by atoms with van der Waals surface area (Å²) in [6, 6.07) is 19.9. The maximum absolute atomic E-state index is 13.0. The Morgan fingerprint density at radius 3 is 2.11 bits per heavy atom. The van der Waals surface area contributed by atoms with Gasteiger partial charge in [-0.15, -0.1) is 0 Å². The van der Waals surface area contributed by atoms with Gasteiger partial charge in [-0.05, 0) is 35.9 Å². The number of carbonyl (C=O) groups excluding carboxylic acids is 1. The molecular formula is C21H16ClF3N2O. The molecule has 0 aromatic heterocycles. The fourth-order valence-electron chi connectivity index (χ4n) is 2.65. The lowest BCUT2D eigenvalue weighted by molar-refractivity contribution is -0.137. The molecule has 0 unspecified atom stereocenters. The van der Waals surface area contributed by atoms with Gasteiger partial charge in [-0.3, -0.25) is 4.79 Å². The van der Waals surface area contributed by atoms with Crippen LogP contribution in [0.4, 0.5) is 24.5 Å². The van der Waals surface area contributed by atoms with Gasteiger partial charge in [-0.2, -0.15) is 13.2 Å². The van der Waals surface area contributed by atoms with Gasteiger partial charge in [0.25, 0.3) is 5.91 Å². The van der Waals surface area contributed by atoms with E-state index in [1.54, 1.807) is 36.4 Å². The Morgan fingerprint density at radius 2 is 1.50 bits per heavy atom. The number of halogens is 4. The lowest BCUT2D eigenvalue weighted by Gasteiger charge is -2.21. The Labute approximate surface area is 165 Å². The molecule has 0 aliphatic carbocycles. The minimum Gasteiger partial charge on any atom is -0.370 e. The molecule has 7 heteroatoms. The number of rotatable bonds is 5. The number of para-hydroxylation sites is 1. The molecule has 0 spiro atoms. The zero-order valence-corrected chi connectivity index (χ0v) is 15.3. The first-order valence-electron chi connectivity index (χ1n) is 8.39. The summed E-state index contributed by atoms with van der Waals surface area (Å²) in [4.78, 5) is 12.9. The van der Waals surface area contributed by atoms with Crippen LogP contribution in [-0.4, -0.2) is 5.91 Å². The number of amides is 1. The summed E-state index contributed by atoms with van der Waals surface area (Å²) in [5.41, 5.74) is 0.366. The van der Waals surface area contributed by atoms with Crippen molar-refractivity contribution in [3.8, 4) is 0 Å². The van der Waals surface area contributed by atoms with Crippen LogP contribution < -0.4 is 10.6 Å². The standard InChI is InChI=1S/C21H16ClF3N2O/c22-17-12-11-15(21(23,24)25)13-18(17)27-20(28)19(14-7-3-1-4-8-14)26-16-9-5-2-6-10-16/h1-13,19,26H,(H,27,28)/t19-/m0/s1. The van der Waals surface area contributed by atoms with Gasteiger partial charge in [0.1, 0.15) is 6.04 Å². The Balaban J connectivity index is 1.90. The Morgan fingerprint density at radius 1 is 0.893 bits per heavy atom. The number of hydrogen-bond donors (Lipinski definition) is 2. The van der Waals surface area contributed by atoms with Crippen molar-refractivity contribution in [1.29, 1.82) is 0 Å². The molecule has 3 nitrogen and oxygen atoms in total. The van der Waals surface area contributed by atoms with Gasteiger partial charge >= 0.3 is 6.18 Å². The van der Waals surface area contributed by atoms with E-state index in [-0.39, 0.29) is 10.7 Å². The molecule has 28 heavy (non-hydrogen) atoms. The molecule has 0 fully saturated rings. The molecule has 3 aromatic carbocycles. The molecule has 3 aromatic rings. The summed E-state index contributed by atoms with van der Waals surface area (Å²) >= 11 is 6.00.